The van der Waals surface area contributed by atoms with Crippen molar-refractivity contribution >= 4 is 28.3 Å². The zero-order valence-electron chi connectivity index (χ0n) is 23.4. The average Bonchev–Trinajstić information content (AvgIpc) is 3.22. The van der Waals surface area contributed by atoms with Crippen LogP contribution in [-0.4, -0.2) is 24.9 Å². The summed E-state index contributed by atoms with van der Waals surface area (Å²) in [6.07, 6.45) is 0.898. The number of amides is 1. The van der Waals surface area contributed by atoms with Gasteiger partial charge in [0, 0.05) is 11.3 Å². The van der Waals surface area contributed by atoms with E-state index in [0.717, 1.165) is 12.0 Å². The van der Waals surface area contributed by atoms with Crippen molar-refractivity contribution in [3.63, 3.8) is 0 Å². The highest BCUT2D eigenvalue weighted by molar-refractivity contribution is 6.11. The second-order valence-corrected chi connectivity index (χ2v) is 10.5. The maximum atomic E-state index is 14.0. The molecule has 2 heterocycles. The van der Waals surface area contributed by atoms with Gasteiger partial charge < -0.3 is 13.9 Å². The van der Waals surface area contributed by atoms with Crippen LogP contribution in [0.4, 0.5) is 5.69 Å². The fourth-order valence-corrected chi connectivity index (χ4v) is 5.01. The maximum Gasteiger partial charge on any atom is 0.295 e. The van der Waals surface area contributed by atoms with Crippen LogP contribution in [0.15, 0.2) is 69.9 Å². The third-order valence-corrected chi connectivity index (χ3v) is 7.11. The van der Waals surface area contributed by atoms with Gasteiger partial charge in [0.1, 0.15) is 5.58 Å². The largest absolute Gasteiger partial charge is 0.490 e. The Balaban J connectivity index is 1.69. The van der Waals surface area contributed by atoms with Gasteiger partial charge in [-0.25, -0.2) is 0 Å². The van der Waals surface area contributed by atoms with E-state index >= 15 is 0 Å². The summed E-state index contributed by atoms with van der Waals surface area (Å²) < 4.78 is 18.1. The molecule has 206 valence electrons. The summed E-state index contributed by atoms with van der Waals surface area (Å²) in [5.41, 5.74) is 3.05. The molecule has 0 radical (unpaired) electrons. The number of benzene rings is 3. The normalized spacial score (nSPS) is 14.6. The van der Waals surface area contributed by atoms with Crippen molar-refractivity contribution in [2.45, 2.75) is 47.1 Å². The Labute approximate surface area is 233 Å². The Hall–Kier alpha value is -4.39. The van der Waals surface area contributed by atoms with Crippen molar-refractivity contribution in [1.29, 1.82) is 0 Å². The van der Waals surface area contributed by atoms with E-state index in [2.05, 4.69) is 13.8 Å². The van der Waals surface area contributed by atoms with E-state index in [9.17, 15) is 14.4 Å². The molecule has 40 heavy (non-hydrogen) atoms. The molecule has 1 aromatic heterocycles. The van der Waals surface area contributed by atoms with Gasteiger partial charge in [0.15, 0.2) is 22.7 Å². The fraction of sp³-hybridized carbons (Fsp3) is 0.303. The highest BCUT2D eigenvalue weighted by Gasteiger charge is 2.44. The van der Waals surface area contributed by atoms with Crippen LogP contribution in [-0.2, 0) is 0 Å². The molecular weight excluding hydrogens is 506 g/mol. The molecule has 7 nitrogen and oxygen atoms in total. The molecule has 5 rings (SSSR count). The van der Waals surface area contributed by atoms with Gasteiger partial charge in [-0.3, -0.25) is 19.3 Å². The standard InChI is InChI=1S/C33H33NO6/c1-6-38-28-18-23(10-14-27(28)39-16-15-19(2)3)30-29-31(36)25-17-20(4)7-13-26(25)40-32(29)33(37)34(30)24-11-8-22(9-12-24)21(5)35/h7-14,17-19,30H,6,15-16H2,1-5H3. The second-order valence-electron chi connectivity index (χ2n) is 10.5. The van der Waals surface area contributed by atoms with Gasteiger partial charge in [-0.05, 0) is 87.2 Å². The first kappa shape index (κ1) is 27.2. The van der Waals surface area contributed by atoms with Crippen LogP contribution in [0.2, 0.25) is 0 Å². The zero-order valence-corrected chi connectivity index (χ0v) is 23.4. The van der Waals surface area contributed by atoms with Gasteiger partial charge >= 0.3 is 0 Å². The lowest BCUT2D eigenvalue weighted by Crippen LogP contribution is -2.29. The Kier molecular flexibility index (Phi) is 7.48. The number of fused-ring (bicyclic) bond motifs is 2. The molecule has 1 aliphatic heterocycles. The van der Waals surface area contributed by atoms with Crippen LogP contribution >= 0.6 is 0 Å². The molecule has 0 fully saturated rings. The van der Waals surface area contributed by atoms with Gasteiger partial charge in [-0.2, -0.15) is 0 Å². The zero-order chi connectivity index (χ0) is 28.6. The Morgan fingerprint density at radius 3 is 2.40 bits per heavy atom. The van der Waals surface area contributed by atoms with Gasteiger partial charge in [0.05, 0.1) is 30.2 Å². The number of rotatable bonds is 9. The van der Waals surface area contributed by atoms with E-state index in [1.165, 1.54) is 6.92 Å². The Bertz CT molecular complexity index is 1650. The summed E-state index contributed by atoms with van der Waals surface area (Å²) in [5, 5.41) is 0.420. The van der Waals surface area contributed by atoms with Crippen LogP contribution in [0.1, 0.15) is 77.8 Å². The van der Waals surface area contributed by atoms with E-state index in [0.29, 0.717) is 58.4 Å². The maximum absolute atomic E-state index is 14.0. The molecule has 0 saturated heterocycles. The predicted octanol–water partition coefficient (Wildman–Crippen LogP) is 6.88. The number of Topliss-reactive ketones (excluding diaryl/α,β-unsaturated/α-hetero) is 1. The minimum atomic E-state index is -0.768. The first-order valence-electron chi connectivity index (χ1n) is 13.6. The minimum absolute atomic E-state index is 0.0113. The molecule has 0 aliphatic carbocycles. The quantitative estimate of drug-likeness (QED) is 0.216. The first-order valence-corrected chi connectivity index (χ1v) is 13.6. The summed E-state index contributed by atoms with van der Waals surface area (Å²) in [5.74, 6) is 1.15. The van der Waals surface area contributed by atoms with Crippen LogP contribution in [0.3, 0.4) is 0 Å². The van der Waals surface area contributed by atoms with Gasteiger partial charge in [0.2, 0.25) is 5.76 Å². The number of ether oxygens (including phenoxy) is 2. The van der Waals surface area contributed by atoms with Crippen molar-refractivity contribution < 1.29 is 23.5 Å². The molecule has 1 amide bonds. The molecule has 0 bridgehead atoms. The molecular formula is C33H33NO6. The average molecular weight is 540 g/mol. The van der Waals surface area contributed by atoms with Crippen molar-refractivity contribution in [3.05, 3.63) is 98.9 Å². The highest BCUT2D eigenvalue weighted by Crippen LogP contribution is 2.43. The number of carbonyl (C=O) groups is 2. The number of nitrogens with zero attached hydrogens (tertiary/aromatic N) is 1. The number of aryl methyl sites for hydroxylation is 1. The van der Waals surface area contributed by atoms with Crippen molar-refractivity contribution in [1.82, 2.24) is 0 Å². The molecule has 3 aromatic carbocycles. The van der Waals surface area contributed by atoms with Gasteiger partial charge in [0.25, 0.3) is 5.91 Å². The summed E-state index contributed by atoms with van der Waals surface area (Å²) in [7, 11) is 0. The summed E-state index contributed by atoms with van der Waals surface area (Å²) in [6.45, 7) is 10.5. The van der Waals surface area contributed by atoms with Gasteiger partial charge in [-0.1, -0.05) is 31.5 Å². The molecule has 7 heteroatoms. The number of hydrogen-bond donors (Lipinski definition) is 0. The van der Waals surface area contributed by atoms with E-state index in [-0.39, 0.29) is 22.5 Å². The van der Waals surface area contributed by atoms with Crippen molar-refractivity contribution in [2.24, 2.45) is 5.92 Å². The lowest BCUT2D eigenvalue weighted by Gasteiger charge is -2.26. The highest BCUT2D eigenvalue weighted by atomic mass is 16.5. The molecule has 0 spiro atoms. The van der Waals surface area contributed by atoms with E-state index < -0.39 is 11.9 Å². The SMILES string of the molecule is CCOc1cc(C2c3c(oc4ccc(C)cc4c3=O)C(=O)N2c2ccc(C(C)=O)cc2)ccc1OCCC(C)C. The second kappa shape index (κ2) is 11.0. The Morgan fingerprint density at radius 2 is 1.73 bits per heavy atom. The predicted molar refractivity (Wildman–Crippen MR) is 155 cm³/mol. The third-order valence-electron chi connectivity index (χ3n) is 7.11. The number of anilines is 1. The van der Waals surface area contributed by atoms with Crippen LogP contribution in [0.25, 0.3) is 11.0 Å². The smallest absolute Gasteiger partial charge is 0.295 e. The molecule has 1 atom stereocenters. The molecule has 0 saturated carbocycles. The lowest BCUT2D eigenvalue weighted by molar-refractivity contribution is 0.0970. The third kappa shape index (κ3) is 4.99. The lowest BCUT2D eigenvalue weighted by atomic mass is 9.97. The van der Waals surface area contributed by atoms with Crippen molar-refractivity contribution in [3.8, 4) is 11.5 Å². The van der Waals surface area contributed by atoms with E-state index in [4.69, 9.17) is 13.9 Å². The monoisotopic (exact) mass is 539 g/mol. The first-order chi connectivity index (χ1) is 19.2. The molecule has 0 N–H and O–H groups in total. The number of carbonyl (C=O) groups excluding carboxylic acids is 2. The molecule has 1 unspecified atom stereocenters. The topological polar surface area (TPSA) is 86.0 Å². The van der Waals surface area contributed by atoms with Gasteiger partial charge in [-0.15, -0.1) is 0 Å². The fourth-order valence-electron chi connectivity index (χ4n) is 5.01. The molecule has 4 aromatic rings. The van der Waals surface area contributed by atoms with Crippen LogP contribution < -0.4 is 19.8 Å². The van der Waals surface area contributed by atoms with E-state index in [1.807, 2.05) is 38.1 Å². The Morgan fingerprint density at radius 1 is 0.975 bits per heavy atom. The summed E-state index contributed by atoms with van der Waals surface area (Å²) in [4.78, 5) is 41.3. The summed E-state index contributed by atoms with van der Waals surface area (Å²) in [6, 6.07) is 16.9. The van der Waals surface area contributed by atoms with Crippen molar-refractivity contribution in [2.75, 3.05) is 18.1 Å². The number of ketones is 1. The number of hydrogen-bond acceptors (Lipinski definition) is 6. The minimum Gasteiger partial charge on any atom is -0.490 e. The molecule has 1 aliphatic rings. The van der Waals surface area contributed by atoms with Crippen LogP contribution in [0, 0.1) is 12.8 Å². The van der Waals surface area contributed by atoms with E-state index in [1.54, 1.807) is 41.3 Å². The van der Waals surface area contributed by atoms with Crippen LogP contribution in [0.5, 0.6) is 11.5 Å². The summed E-state index contributed by atoms with van der Waals surface area (Å²) >= 11 is 0.